The van der Waals surface area contributed by atoms with Crippen LogP contribution in [0, 0.1) is 0 Å². The second-order valence-corrected chi connectivity index (χ2v) is 3.04. The molecule has 0 unspecified atom stereocenters. The quantitative estimate of drug-likeness (QED) is 0.395. The lowest BCUT2D eigenvalue weighted by Crippen LogP contribution is -2.09. The molecule has 1 aromatic carbocycles. The van der Waals surface area contributed by atoms with Gasteiger partial charge in [0.1, 0.15) is 29.2 Å². The molecule has 0 aromatic heterocycles. The molecule has 0 radical (unpaired) electrons. The number of Topliss-reactive ketones (excluding diaryl/α,β-unsaturated/α-hetero) is 1. The number of carbonyl (C=O) groups excluding carboxylic acids is 2. The molecule has 0 amide bonds. The predicted molar refractivity (Wildman–Crippen MR) is 52.4 cm³/mol. The third-order valence-electron chi connectivity index (χ3n) is 1.89. The molecule has 6 nitrogen and oxygen atoms in total. The molecule has 0 heterocycles. The number of benzene rings is 1. The minimum Gasteiger partial charge on any atom is -0.508 e. The summed E-state index contributed by atoms with van der Waals surface area (Å²) in [6, 6.07) is 1.79. The van der Waals surface area contributed by atoms with Gasteiger partial charge in [0.05, 0.1) is 7.11 Å². The number of hydrogen-bond donors (Lipinski definition) is 3. The molecule has 0 fully saturated rings. The van der Waals surface area contributed by atoms with E-state index in [2.05, 4.69) is 4.74 Å². The maximum Gasteiger partial charge on any atom is 0.313 e. The summed E-state index contributed by atoms with van der Waals surface area (Å²) in [5.74, 6) is -3.14. The smallest absolute Gasteiger partial charge is 0.313 e. The largest absolute Gasteiger partial charge is 0.508 e. The van der Waals surface area contributed by atoms with Gasteiger partial charge in [-0.2, -0.15) is 0 Å². The van der Waals surface area contributed by atoms with E-state index < -0.39 is 35.2 Å². The second kappa shape index (κ2) is 4.52. The summed E-state index contributed by atoms with van der Waals surface area (Å²) < 4.78 is 4.27. The standard InChI is InChI=1S/C10H10O6/c1-16-9(15)4-8(14)10-6(12)2-5(11)3-7(10)13/h2-3,11-13H,4H2,1H3. The summed E-state index contributed by atoms with van der Waals surface area (Å²) in [4.78, 5) is 22.3. The van der Waals surface area contributed by atoms with Gasteiger partial charge in [0.25, 0.3) is 0 Å². The minimum atomic E-state index is -0.790. The van der Waals surface area contributed by atoms with Gasteiger partial charge in [-0.3, -0.25) is 9.59 Å². The van der Waals surface area contributed by atoms with Crippen molar-refractivity contribution < 1.29 is 29.6 Å². The van der Waals surface area contributed by atoms with Crippen LogP contribution >= 0.6 is 0 Å². The van der Waals surface area contributed by atoms with Crippen molar-refractivity contribution in [2.45, 2.75) is 6.42 Å². The van der Waals surface area contributed by atoms with Crippen molar-refractivity contribution in [1.29, 1.82) is 0 Å². The lowest BCUT2D eigenvalue weighted by molar-refractivity contribution is -0.139. The van der Waals surface area contributed by atoms with Crippen LogP contribution in [0.1, 0.15) is 16.8 Å². The zero-order chi connectivity index (χ0) is 12.3. The Labute approximate surface area is 90.7 Å². The number of hydrogen-bond acceptors (Lipinski definition) is 6. The van der Waals surface area contributed by atoms with Gasteiger partial charge in [-0.1, -0.05) is 0 Å². The Morgan fingerprint density at radius 1 is 1.19 bits per heavy atom. The molecule has 6 heteroatoms. The van der Waals surface area contributed by atoms with E-state index in [0.717, 1.165) is 19.2 Å². The number of ketones is 1. The monoisotopic (exact) mass is 226 g/mol. The van der Waals surface area contributed by atoms with Crippen molar-refractivity contribution in [3.05, 3.63) is 17.7 Å². The van der Waals surface area contributed by atoms with Crippen LogP contribution in [0.3, 0.4) is 0 Å². The van der Waals surface area contributed by atoms with Crippen molar-refractivity contribution in [2.24, 2.45) is 0 Å². The van der Waals surface area contributed by atoms with Crippen molar-refractivity contribution in [3.8, 4) is 17.2 Å². The van der Waals surface area contributed by atoms with Crippen molar-refractivity contribution >= 4 is 11.8 Å². The Balaban J connectivity index is 3.04. The van der Waals surface area contributed by atoms with Crippen LogP contribution < -0.4 is 0 Å². The van der Waals surface area contributed by atoms with Crippen molar-refractivity contribution in [1.82, 2.24) is 0 Å². The minimum absolute atomic E-state index is 0.385. The molecule has 0 atom stereocenters. The van der Waals surface area contributed by atoms with Gasteiger partial charge in [-0.15, -0.1) is 0 Å². The number of methoxy groups -OCH3 is 1. The molecule has 0 aliphatic carbocycles. The number of aromatic hydroxyl groups is 3. The summed E-state index contributed by atoms with van der Waals surface area (Å²) in [5.41, 5.74) is -0.414. The lowest BCUT2D eigenvalue weighted by atomic mass is 10.1. The summed E-state index contributed by atoms with van der Waals surface area (Å²) in [5, 5.41) is 27.7. The van der Waals surface area contributed by atoms with Gasteiger partial charge in [0.2, 0.25) is 0 Å². The average Bonchev–Trinajstić information content (AvgIpc) is 2.15. The highest BCUT2D eigenvalue weighted by Gasteiger charge is 2.20. The number of esters is 1. The van der Waals surface area contributed by atoms with E-state index in [-0.39, 0.29) is 5.75 Å². The maximum atomic E-state index is 11.5. The van der Waals surface area contributed by atoms with Crippen LogP contribution in [-0.2, 0) is 9.53 Å². The fraction of sp³-hybridized carbons (Fsp3) is 0.200. The molecule has 0 aliphatic heterocycles. The summed E-state index contributed by atoms with van der Waals surface area (Å²) in [6.07, 6.45) is -0.595. The molecule has 1 aromatic rings. The Kier molecular flexibility index (Phi) is 3.34. The molecule has 0 saturated heterocycles. The van der Waals surface area contributed by atoms with Gasteiger partial charge < -0.3 is 20.1 Å². The van der Waals surface area contributed by atoms with E-state index in [9.17, 15) is 19.8 Å². The molecule has 0 spiro atoms. The van der Waals surface area contributed by atoms with Crippen molar-refractivity contribution in [2.75, 3.05) is 7.11 Å². The fourth-order valence-electron chi connectivity index (χ4n) is 1.17. The first-order chi connectivity index (χ1) is 7.45. The lowest BCUT2D eigenvalue weighted by Gasteiger charge is -2.06. The third kappa shape index (κ3) is 2.41. The summed E-state index contributed by atoms with van der Waals surface area (Å²) >= 11 is 0. The Morgan fingerprint density at radius 3 is 2.12 bits per heavy atom. The van der Waals surface area contributed by atoms with Gasteiger partial charge in [-0.25, -0.2) is 0 Å². The predicted octanol–water partition coefficient (Wildman–Crippen LogP) is 0.549. The van der Waals surface area contributed by atoms with Gasteiger partial charge >= 0.3 is 5.97 Å². The van der Waals surface area contributed by atoms with Crippen LogP contribution in [-0.4, -0.2) is 34.2 Å². The molecule has 0 saturated carbocycles. The first-order valence-electron chi connectivity index (χ1n) is 4.30. The molecule has 16 heavy (non-hydrogen) atoms. The van der Waals surface area contributed by atoms with E-state index in [1.54, 1.807) is 0 Å². The van der Waals surface area contributed by atoms with Gasteiger partial charge in [0.15, 0.2) is 5.78 Å². The highest BCUT2D eigenvalue weighted by molar-refractivity contribution is 6.09. The molecule has 0 bridgehead atoms. The van der Waals surface area contributed by atoms with E-state index in [1.165, 1.54) is 0 Å². The van der Waals surface area contributed by atoms with E-state index in [0.29, 0.717) is 0 Å². The normalized spacial score (nSPS) is 9.81. The summed E-state index contributed by atoms with van der Waals surface area (Å²) in [6.45, 7) is 0. The first-order valence-corrected chi connectivity index (χ1v) is 4.30. The topological polar surface area (TPSA) is 104 Å². The van der Waals surface area contributed by atoms with E-state index >= 15 is 0 Å². The zero-order valence-corrected chi connectivity index (χ0v) is 8.43. The number of carbonyl (C=O) groups is 2. The molecular formula is C10H10O6. The molecule has 3 N–H and O–H groups in total. The molecular weight excluding hydrogens is 216 g/mol. The second-order valence-electron chi connectivity index (χ2n) is 3.04. The van der Waals surface area contributed by atoms with E-state index in [4.69, 9.17) is 5.11 Å². The van der Waals surface area contributed by atoms with Crippen LogP contribution in [0.2, 0.25) is 0 Å². The SMILES string of the molecule is COC(=O)CC(=O)c1c(O)cc(O)cc1O. The van der Waals surface area contributed by atoms with E-state index in [1.807, 2.05) is 0 Å². The molecule has 1 rings (SSSR count). The Morgan fingerprint density at radius 2 is 1.69 bits per heavy atom. The van der Waals surface area contributed by atoms with Gasteiger partial charge in [-0.05, 0) is 0 Å². The van der Waals surface area contributed by atoms with Crippen LogP contribution in [0.25, 0.3) is 0 Å². The average molecular weight is 226 g/mol. The van der Waals surface area contributed by atoms with Crippen LogP contribution in [0.5, 0.6) is 17.2 Å². The Bertz CT molecular complexity index is 414. The maximum absolute atomic E-state index is 11.5. The number of phenolic OH excluding ortho intramolecular Hbond substituents is 3. The zero-order valence-electron chi connectivity index (χ0n) is 8.43. The van der Waals surface area contributed by atoms with Crippen LogP contribution in [0.4, 0.5) is 0 Å². The highest BCUT2D eigenvalue weighted by Crippen LogP contribution is 2.32. The highest BCUT2D eigenvalue weighted by atomic mass is 16.5. The summed E-state index contributed by atoms with van der Waals surface area (Å²) in [7, 11) is 1.12. The first kappa shape index (κ1) is 11.8. The number of rotatable bonds is 3. The number of phenols is 3. The molecule has 0 aliphatic rings. The Hall–Kier alpha value is -2.24. The third-order valence-corrected chi connectivity index (χ3v) is 1.89. The van der Waals surface area contributed by atoms with Crippen molar-refractivity contribution in [3.63, 3.8) is 0 Å². The molecule has 86 valence electrons. The van der Waals surface area contributed by atoms with Gasteiger partial charge in [0, 0.05) is 12.1 Å². The number of ether oxygens (including phenoxy) is 1. The van der Waals surface area contributed by atoms with Crippen LogP contribution in [0.15, 0.2) is 12.1 Å². The fourth-order valence-corrected chi connectivity index (χ4v) is 1.17.